The van der Waals surface area contributed by atoms with E-state index in [4.69, 9.17) is 4.42 Å². The fourth-order valence-electron chi connectivity index (χ4n) is 3.51. The van der Waals surface area contributed by atoms with Gasteiger partial charge >= 0.3 is 0 Å². The third-order valence-corrected chi connectivity index (χ3v) is 4.53. The lowest BCUT2D eigenvalue weighted by atomic mass is 9.95. The Hall–Kier alpha value is -3.06. The van der Waals surface area contributed by atoms with Crippen LogP contribution in [0.4, 0.5) is 0 Å². The average molecular weight is 294 g/mol. The fraction of sp³-hybridized carbons (Fsp3) is 0. The van der Waals surface area contributed by atoms with Crippen molar-refractivity contribution >= 4 is 32.5 Å². The molecule has 1 aromatic heterocycles. The largest absolute Gasteiger partial charge is 0.463 e. The second kappa shape index (κ2) is 4.72. The van der Waals surface area contributed by atoms with Gasteiger partial charge in [-0.25, -0.2) is 0 Å². The van der Waals surface area contributed by atoms with Gasteiger partial charge in [0.15, 0.2) is 0 Å². The van der Waals surface area contributed by atoms with Crippen molar-refractivity contribution in [3.8, 4) is 11.1 Å². The highest BCUT2D eigenvalue weighted by molar-refractivity contribution is 6.26. The molecule has 0 spiro atoms. The summed E-state index contributed by atoms with van der Waals surface area (Å²) in [7, 11) is 0. The third-order valence-electron chi connectivity index (χ3n) is 4.53. The van der Waals surface area contributed by atoms with Crippen LogP contribution in [0.1, 0.15) is 0 Å². The molecule has 0 aliphatic heterocycles. The maximum absolute atomic E-state index is 6.02. The Kier molecular flexibility index (Phi) is 2.56. The predicted octanol–water partition coefficient (Wildman–Crippen LogP) is 6.41. The van der Waals surface area contributed by atoms with Gasteiger partial charge in [-0.15, -0.1) is 0 Å². The van der Waals surface area contributed by atoms with Crippen LogP contribution in [-0.4, -0.2) is 0 Å². The molecule has 0 aliphatic carbocycles. The van der Waals surface area contributed by atoms with Gasteiger partial charge in [-0.05, 0) is 21.7 Å². The van der Waals surface area contributed by atoms with Crippen molar-refractivity contribution in [1.29, 1.82) is 0 Å². The first-order chi connectivity index (χ1) is 11.4. The molecule has 0 aliphatic rings. The van der Waals surface area contributed by atoms with Crippen LogP contribution in [-0.2, 0) is 0 Å². The number of benzene rings is 4. The van der Waals surface area contributed by atoms with Gasteiger partial charge in [-0.2, -0.15) is 0 Å². The van der Waals surface area contributed by atoms with Gasteiger partial charge in [0.2, 0.25) is 0 Å². The molecule has 0 atom stereocenters. The van der Waals surface area contributed by atoms with Crippen molar-refractivity contribution in [1.82, 2.24) is 0 Å². The first-order valence-corrected chi connectivity index (χ1v) is 7.79. The molecule has 0 radical (unpaired) electrons. The molecule has 0 unspecified atom stereocenters. The van der Waals surface area contributed by atoms with E-state index in [2.05, 4.69) is 72.8 Å². The maximum atomic E-state index is 6.02. The van der Waals surface area contributed by atoms with E-state index < -0.39 is 0 Å². The molecule has 0 amide bonds. The number of fused-ring (bicyclic) bond motifs is 6. The van der Waals surface area contributed by atoms with E-state index >= 15 is 0 Å². The molecule has 0 saturated carbocycles. The molecule has 1 heterocycles. The summed E-state index contributed by atoms with van der Waals surface area (Å²) in [4.78, 5) is 0. The van der Waals surface area contributed by atoms with E-state index in [1.807, 2.05) is 12.3 Å². The highest BCUT2D eigenvalue weighted by atomic mass is 16.3. The van der Waals surface area contributed by atoms with Crippen molar-refractivity contribution in [3.05, 3.63) is 85.1 Å². The Morgan fingerprint density at radius 1 is 0.522 bits per heavy atom. The topological polar surface area (TPSA) is 13.1 Å². The van der Waals surface area contributed by atoms with Crippen LogP contribution >= 0.6 is 0 Å². The van der Waals surface area contributed by atoms with E-state index in [0.717, 1.165) is 11.1 Å². The minimum absolute atomic E-state index is 0.971. The number of rotatable bonds is 1. The molecule has 4 aromatic carbocycles. The predicted molar refractivity (Wildman–Crippen MR) is 96.7 cm³/mol. The molecule has 1 nitrogen and oxygen atoms in total. The van der Waals surface area contributed by atoms with Gasteiger partial charge in [0.1, 0.15) is 5.58 Å². The van der Waals surface area contributed by atoms with E-state index in [1.54, 1.807) is 0 Å². The molecular formula is C22H14O. The summed E-state index contributed by atoms with van der Waals surface area (Å²) in [6.07, 6.45) is 1.89. The van der Waals surface area contributed by atoms with Crippen molar-refractivity contribution < 1.29 is 4.42 Å². The van der Waals surface area contributed by atoms with E-state index in [9.17, 15) is 0 Å². The van der Waals surface area contributed by atoms with Crippen LogP contribution in [0.2, 0.25) is 0 Å². The van der Waals surface area contributed by atoms with Crippen LogP contribution in [0.3, 0.4) is 0 Å². The monoisotopic (exact) mass is 294 g/mol. The van der Waals surface area contributed by atoms with Crippen molar-refractivity contribution in [2.75, 3.05) is 0 Å². The lowest BCUT2D eigenvalue weighted by molar-refractivity contribution is 0.620. The molecule has 0 bridgehead atoms. The number of furan rings is 1. The van der Waals surface area contributed by atoms with E-state index in [-0.39, 0.29) is 0 Å². The lowest BCUT2D eigenvalue weighted by Gasteiger charge is -2.07. The van der Waals surface area contributed by atoms with Crippen molar-refractivity contribution in [3.63, 3.8) is 0 Å². The zero-order chi connectivity index (χ0) is 15.2. The van der Waals surface area contributed by atoms with Gasteiger partial charge in [0, 0.05) is 16.3 Å². The lowest BCUT2D eigenvalue weighted by Crippen LogP contribution is -1.81. The summed E-state index contributed by atoms with van der Waals surface area (Å²) >= 11 is 0. The van der Waals surface area contributed by atoms with Crippen LogP contribution in [0, 0.1) is 0 Å². The Labute approximate surface area is 133 Å². The van der Waals surface area contributed by atoms with Gasteiger partial charge in [-0.3, -0.25) is 0 Å². The molecule has 0 N–H and O–H groups in total. The smallest absolute Gasteiger partial charge is 0.142 e. The molecule has 23 heavy (non-hydrogen) atoms. The second-order valence-corrected chi connectivity index (χ2v) is 5.81. The Balaban J connectivity index is 2.06. The Morgan fingerprint density at radius 2 is 1.09 bits per heavy atom. The fourth-order valence-corrected chi connectivity index (χ4v) is 3.51. The summed E-state index contributed by atoms with van der Waals surface area (Å²) in [6, 6.07) is 27.5. The average Bonchev–Trinajstić information content (AvgIpc) is 3.08. The third kappa shape index (κ3) is 1.74. The number of hydrogen-bond donors (Lipinski definition) is 0. The molecule has 5 rings (SSSR count). The van der Waals surface area contributed by atoms with Crippen LogP contribution < -0.4 is 0 Å². The Morgan fingerprint density at radius 3 is 1.83 bits per heavy atom. The standard InChI is InChI=1S/C22H14O/c1-2-8-15(9-3-1)20-14-23-22-19-13-7-5-11-17(19)16-10-4-6-12-18(16)21(20)22/h1-14H. The van der Waals surface area contributed by atoms with Gasteiger partial charge in [0.25, 0.3) is 0 Å². The Bertz CT molecular complexity index is 1150. The molecular weight excluding hydrogens is 280 g/mol. The molecule has 108 valence electrons. The van der Waals surface area contributed by atoms with Gasteiger partial charge < -0.3 is 4.42 Å². The minimum atomic E-state index is 0.971. The quantitative estimate of drug-likeness (QED) is 0.326. The van der Waals surface area contributed by atoms with E-state index in [1.165, 1.54) is 32.5 Å². The SMILES string of the molecule is c1ccc(-c2coc3c4ccccc4c4ccccc4c23)cc1. The molecule has 0 saturated heterocycles. The summed E-state index contributed by atoms with van der Waals surface area (Å²) in [5.41, 5.74) is 3.31. The van der Waals surface area contributed by atoms with Crippen molar-refractivity contribution in [2.24, 2.45) is 0 Å². The normalized spacial score (nSPS) is 11.5. The summed E-state index contributed by atoms with van der Waals surface area (Å²) < 4.78 is 6.02. The van der Waals surface area contributed by atoms with Gasteiger partial charge in [0.05, 0.1) is 6.26 Å². The zero-order valence-corrected chi connectivity index (χ0v) is 12.5. The van der Waals surface area contributed by atoms with Crippen LogP contribution in [0.5, 0.6) is 0 Å². The second-order valence-electron chi connectivity index (χ2n) is 5.81. The summed E-state index contributed by atoms with van der Waals surface area (Å²) in [5.74, 6) is 0. The zero-order valence-electron chi connectivity index (χ0n) is 12.5. The number of hydrogen-bond acceptors (Lipinski definition) is 1. The molecule has 5 aromatic rings. The minimum Gasteiger partial charge on any atom is -0.463 e. The first kappa shape index (κ1) is 12.5. The van der Waals surface area contributed by atoms with Crippen LogP contribution in [0.15, 0.2) is 89.5 Å². The highest BCUT2D eigenvalue weighted by Gasteiger charge is 2.15. The molecule has 1 heteroatoms. The molecule has 0 fully saturated rings. The first-order valence-electron chi connectivity index (χ1n) is 7.79. The van der Waals surface area contributed by atoms with Gasteiger partial charge in [-0.1, -0.05) is 78.9 Å². The summed E-state index contributed by atoms with van der Waals surface area (Å²) in [5, 5.41) is 6.13. The van der Waals surface area contributed by atoms with E-state index in [0.29, 0.717) is 0 Å². The van der Waals surface area contributed by atoms with Crippen molar-refractivity contribution in [2.45, 2.75) is 0 Å². The highest BCUT2D eigenvalue weighted by Crippen LogP contribution is 2.41. The van der Waals surface area contributed by atoms with Crippen LogP contribution in [0.25, 0.3) is 43.6 Å². The summed E-state index contributed by atoms with van der Waals surface area (Å²) in [6.45, 7) is 0. The maximum Gasteiger partial charge on any atom is 0.142 e.